The van der Waals surface area contributed by atoms with Gasteiger partial charge in [0.2, 0.25) is 5.91 Å². The molecule has 0 spiro atoms. The van der Waals surface area contributed by atoms with Crippen LogP contribution in [0.1, 0.15) is 36.3 Å². The first-order chi connectivity index (χ1) is 13.5. The SMILES string of the molecule is O=C(O)CCCOc1ccc(CNC(=O)C2CC2c2cccc(F)c2F)cc1. The van der Waals surface area contributed by atoms with Crippen LogP contribution >= 0.6 is 0 Å². The molecule has 0 radical (unpaired) electrons. The van der Waals surface area contributed by atoms with Crippen molar-refractivity contribution in [3.8, 4) is 5.75 Å². The Labute approximate surface area is 161 Å². The Balaban J connectivity index is 1.44. The zero-order valence-electron chi connectivity index (χ0n) is 15.2. The predicted octanol–water partition coefficient (Wildman–Crippen LogP) is 3.63. The number of carbonyl (C=O) groups is 2. The second-order valence-corrected chi connectivity index (χ2v) is 6.80. The lowest BCUT2D eigenvalue weighted by Gasteiger charge is -2.08. The number of halogens is 2. The van der Waals surface area contributed by atoms with E-state index in [9.17, 15) is 18.4 Å². The number of nitrogens with one attached hydrogen (secondary N) is 1. The summed E-state index contributed by atoms with van der Waals surface area (Å²) in [4.78, 5) is 22.7. The molecule has 28 heavy (non-hydrogen) atoms. The van der Waals surface area contributed by atoms with Crippen molar-refractivity contribution in [2.45, 2.75) is 31.7 Å². The first-order valence-electron chi connectivity index (χ1n) is 9.11. The summed E-state index contributed by atoms with van der Waals surface area (Å²) in [6, 6.07) is 11.2. The van der Waals surface area contributed by atoms with E-state index in [4.69, 9.17) is 9.84 Å². The zero-order valence-corrected chi connectivity index (χ0v) is 15.2. The van der Waals surface area contributed by atoms with Gasteiger partial charge in [0.1, 0.15) is 5.75 Å². The maximum Gasteiger partial charge on any atom is 0.303 e. The molecule has 1 fully saturated rings. The number of carbonyl (C=O) groups excluding carboxylic acids is 1. The van der Waals surface area contributed by atoms with E-state index >= 15 is 0 Å². The van der Waals surface area contributed by atoms with E-state index in [-0.39, 0.29) is 29.7 Å². The van der Waals surface area contributed by atoms with Gasteiger partial charge in [-0.1, -0.05) is 24.3 Å². The monoisotopic (exact) mass is 389 g/mol. The van der Waals surface area contributed by atoms with Gasteiger partial charge in [-0.2, -0.15) is 0 Å². The molecule has 1 amide bonds. The molecule has 2 N–H and O–H groups in total. The fourth-order valence-corrected chi connectivity index (χ4v) is 3.07. The third-order valence-corrected chi connectivity index (χ3v) is 4.70. The van der Waals surface area contributed by atoms with Crippen molar-refractivity contribution >= 4 is 11.9 Å². The van der Waals surface area contributed by atoms with E-state index in [2.05, 4.69) is 5.32 Å². The summed E-state index contributed by atoms with van der Waals surface area (Å²) in [5.41, 5.74) is 1.13. The molecule has 2 atom stereocenters. The van der Waals surface area contributed by atoms with Crippen LogP contribution < -0.4 is 10.1 Å². The number of hydrogen-bond acceptors (Lipinski definition) is 3. The summed E-state index contributed by atoms with van der Waals surface area (Å²) in [7, 11) is 0. The number of aliphatic carboxylic acids is 1. The summed E-state index contributed by atoms with van der Waals surface area (Å²) in [5.74, 6) is -2.79. The number of ether oxygens (including phenoxy) is 1. The van der Waals surface area contributed by atoms with Gasteiger partial charge in [0.25, 0.3) is 0 Å². The molecule has 1 aliphatic rings. The Kier molecular flexibility index (Phi) is 6.23. The molecule has 1 aliphatic carbocycles. The van der Waals surface area contributed by atoms with Crippen LogP contribution in [0.25, 0.3) is 0 Å². The first-order valence-corrected chi connectivity index (χ1v) is 9.11. The van der Waals surface area contributed by atoms with Crippen molar-refractivity contribution in [2.24, 2.45) is 5.92 Å². The van der Waals surface area contributed by atoms with Crippen LogP contribution in [0.15, 0.2) is 42.5 Å². The molecule has 2 unspecified atom stereocenters. The highest BCUT2D eigenvalue weighted by molar-refractivity contribution is 5.82. The number of amides is 1. The predicted molar refractivity (Wildman–Crippen MR) is 97.9 cm³/mol. The van der Waals surface area contributed by atoms with Crippen LogP contribution in [0.4, 0.5) is 8.78 Å². The van der Waals surface area contributed by atoms with Crippen molar-refractivity contribution in [3.05, 3.63) is 65.2 Å². The van der Waals surface area contributed by atoms with Crippen molar-refractivity contribution in [1.82, 2.24) is 5.32 Å². The van der Waals surface area contributed by atoms with Crippen molar-refractivity contribution in [1.29, 1.82) is 0 Å². The Morgan fingerprint density at radius 1 is 1.14 bits per heavy atom. The Hall–Kier alpha value is -2.96. The summed E-state index contributed by atoms with van der Waals surface area (Å²) < 4.78 is 32.6. The number of rotatable bonds is 9. The van der Waals surface area contributed by atoms with E-state index in [1.807, 2.05) is 12.1 Å². The van der Waals surface area contributed by atoms with Crippen molar-refractivity contribution < 1.29 is 28.2 Å². The third kappa shape index (κ3) is 5.06. The third-order valence-electron chi connectivity index (χ3n) is 4.70. The largest absolute Gasteiger partial charge is 0.494 e. The molecule has 0 bridgehead atoms. The molecule has 0 aliphatic heterocycles. The minimum atomic E-state index is -0.895. The molecule has 3 rings (SSSR count). The Morgan fingerprint density at radius 3 is 2.61 bits per heavy atom. The van der Waals surface area contributed by atoms with Gasteiger partial charge in [-0.3, -0.25) is 9.59 Å². The fourth-order valence-electron chi connectivity index (χ4n) is 3.07. The van der Waals surface area contributed by atoms with Crippen LogP contribution in [0, 0.1) is 17.6 Å². The molecule has 0 heterocycles. The van der Waals surface area contributed by atoms with Crippen LogP contribution in [-0.4, -0.2) is 23.6 Å². The Morgan fingerprint density at radius 2 is 1.89 bits per heavy atom. The van der Waals surface area contributed by atoms with Crippen molar-refractivity contribution in [3.63, 3.8) is 0 Å². The minimum Gasteiger partial charge on any atom is -0.494 e. The average molecular weight is 389 g/mol. The molecule has 2 aromatic carbocycles. The lowest BCUT2D eigenvalue weighted by Crippen LogP contribution is -2.24. The molecule has 5 nitrogen and oxygen atoms in total. The number of carboxylic acids is 1. The highest BCUT2D eigenvalue weighted by Gasteiger charge is 2.45. The summed E-state index contributed by atoms with van der Waals surface area (Å²) in [6.45, 7) is 0.648. The van der Waals surface area contributed by atoms with Crippen LogP contribution in [-0.2, 0) is 16.1 Å². The fraction of sp³-hybridized carbons (Fsp3) is 0.333. The van der Waals surface area contributed by atoms with E-state index in [1.54, 1.807) is 12.1 Å². The topological polar surface area (TPSA) is 75.6 Å². The molecule has 2 aromatic rings. The number of carboxylic acid groups (broad SMARTS) is 1. The molecule has 1 saturated carbocycles. The zero-order chi connectivity index (χ0) is 20.1. The van der Waals surface area contributed by atoms with E-state index in [1.165, 1.54) is 12.1 Å². The Bertz CT molecular complexity index is 854. The molecular weight excluding hydrogens is 368 g/mol. The van der Waals surface area contributed by atoms with Gasteiger partial charge < -0.3 is 15.2 Å². The van der Waals surface area contributed by atoms with Gasteiger partial charge in [-0.05, 0) is 48.1 Å². The van der Waals surface area contributed by atoms with E-state index in [0.29, 0.717) is 31.7 Å². The summed E-state index contributed by atoms with van der Waals surface area (Å²) in [6.07, 6.45) is 1.00. The first kappa shape index (κ1) is 19.8. The normalized spacial score (nSPS) is 17.8. The second kappa shape index (κ2) is 8.82. The number of benzene rings is 2. The van der Waals surface area contributed by atoms with Crippen LogP contribution in [0.2, 0.25) is 0 Å². The van der Waals surface area contributed by atoms with Gasteiger partial charge in [0, 0.05) is 18.9 Å². The van der Waals surface area contributed by atoms with Crippen molar-refractivity contribution in [2.75, 3.05) is 6.61 Å². The average Bonchev–Trinajstić information content (AvgIpc) is 3.47. The standard InChI is InChI=1S/C21H21F2NO4/c22-18-4-1-3-15(20(18)23)16-11-17(16)21(27)24-12-13-6-8-14(9-7-13)28-10-2-5-19(25)26/h1,3-4,6-9,16-17H,2,5,10-12H2,(H,24,27)(H,25,26). The maximum absolute atomic E-state index is 13.8. The summed E-state index contributed by atoms with van der Waals surface area (Å²) in [5, 5.41) is 11.4. The number of hydrogen-bond donors (Lipinski definition) is 2. The van der Waals surface area contributed by atoms with Gasteiger partial charge in [-0.15, -0.1) is 0 Å². The van der Waals surface area contributed by atoms with Crippen LogP contribution in [0.5, 0.6) is 5.75 Å². The lowest BCUT2D eigenvalue weighted by atomic mass is 10.1. The van der Waals surface area contributed by atoms with Gasteiger partial charge >= 0.3 is 5.97 Å². The molecule has 0 saturated heterocycles. The highest BCUT2D eigenvalue weighted by Crippen LogP contribution is 2.48. The molecule has 0 aromatic heterocycles. The lowest BCUT2D eigenvalue weighted by molar-refractivity contribution is -0.137. The van der Waals surface area contributed by atoms with E-state index < -0.39 is 17.6 Å². The van der Waals surface area contributed by atoms with Crippen LogP contribution in [0.3, 0.4) is 0 Å². The molecule has 7 heteroatoms. The highest BCUT2D eigenvalue weighted by atomic mass is 19.2. The quantitative estimate of drug-likeness (QED) is 0.642. The van der Waals surface area contributed by atoms with Gasteiger partial charge in [0.15, 0.2) is 11.6 Å². The van der Waals surface area contributed by atoms with Gasteiger partial charge in [0.05, 0.1) is 6.61 Å². The van der Waals surface area contributed by atoms with E-state index in [0.717, 1.165) is 11.6 Å². The maximum atomic E-state index is 13.8. The molecule has 148 valence electrons. The minimum absolute atomic E-state index is 0.0613. The van der Waals surface area contributed by atoms with Gasteiger partial charge in [-0.25, -0.2) is 8.78 Å². The smallest absolute Gasteiger partial charge is 0.303 e. The second-order valence-electron chi connectivity index (χ2n) is 6.80. The summed E-state index contributed by atoms with van der Waals surface area (Å²) >= 11 is 0. The molecular formula is C21H21F2NO4.